The van der Waals surface area contributed by atoms with Crippen molar-refractivity contribution in [3.05, 3.63) is 52.6 Å². The predicted molar refractivity (Wildman–Crippen MR) is 63.2 cm³/mol. The Morgan fingerprint density at radius 1 is 1.12 bits per heavy atom. The molecule has 17 heavy (non-hydrogen) atoms. The zero-order chi connectivity index (χ0) is 12.6. The van der Waals surface area contributed by atoms with E-state index in [4.69, 9.17) is 11.6 Å². The zero-order valence-electron chi connectivity index (χ0n) is 8.97. The maximum atomic E-state index is 13.7. The standard InChI is InChI=1S/C13H9ClF2O/c1-7-6-8(2-5-11(7)17)12-9(14)3-4-10(15)13(12)16/h2-6,17H,1H3. The molecule has 0 aliphatic carbocycles. The molecule has 0 fully saturated rings. The van der Waals surface area contributed by atoms with Crippen molar-refractivity contribution < 1.29 is 13.9 Å². The molecule has 2 rings (SSSR count). The molecule has 1 N–H and O–H groups in total. The van der Waals surface area contributed by atoms with E-state index in [2.05, 4.69) is 0 Å². The quantitative estimate of drug-likeness (QED) is 0.753. The van der Waals surface area contributed by atoms with Crippen LogP contribution in [-0.2, 0) is 0 Å². The van der Waals surface area contributed by atoms with Crippen LogP contribution in [-0.4, -0.2) is 5.11 Å². The van der Waals surface area contributed by atoms with Crippen LogP contribution in [0.25, 0.3) is 11.1 Å². The first-order chi connectivity index (χ1) is 8.00. The van der Waals surface area contributed by atoms with E-state index in [0.717, 1.165) is 6.07 Å². The second-order valence-corrected chi connectivity index (χ2v) is 4.13. The van der Waals surface area contributed by atoms with E-state index in [1.54, 1.807) is 13.0 Å². The Morgan fingerprint density at radius 3 is 2.47 bits per heavy atom. The van der Waals surface area contributed by atoms with Gasteiger partial charge in [-0.2, -0.15) is 0 Å². The average Bonchev–Trinajstić information content (AvgIpc) is 2.29. The van der Waals surface area contributed by atoms with Crippen LogP contribution >= 0.6 is 11.6 Å². The van der Waals surface area contributed by atoms with Crippen molar-refractivity contribution in [3.8, 4) is 16.9 Å². The molecule has 0 bridgehead atoms. The summed E-state index contributed by atoms with van der Waals surface area (Å²) in [5.41, 5.74) is 1.01. The van der Waals surface area contributed by atoms with Crippen LogP contribution < -0.4 is 0 Å². The summed E-state index contributed by atoms with van der Waals surface area (Å²) in [5.74, 6) is -1.83. The summed E-state index contributed by atoms with van der Waals surface area (Å²) in [6.45, 7) is 1.67. The van der Waals surface area contributed by atoms with Gasteiger partial charge in [0.05, 0.1) is 5.02 Å². The van der Waals surface area contributed by atoms with E-state index in [0.29, 0.717) is 11.1 Å². The summed E-state index contributed by atoms with van der Waals surface area (Å²) in [5, 5.41) is 9.52. The molecular formula is C13H9ClF2O. The Bertz CT molecular complexity index is 582. The number of phenolic OH excluding ortho intramolecular Hbond substituents is 1. The first kappa shape index (κ1) is 11.9. The van der Waals surface area contributed by atoms with E-state index in [-0.39, 0.29) is 16.3 Å². The fourth-order valence-corrected chi connectivity index (χ4v) is 1.86. The van der Waals surface area contributed by atoms with Crippen molar-refractivity contribution in [2.45, 2.75) is 6.92 Å². The third kappa shape index (κ3) is 2.11. The minimum atomic E-state index is -0.984. The van der Waals surface area contributed by atoms with Gasteiger partial charge in [-0.3, -0.25) is 0 Å². The summed E-state index contributed by atoms with van der Waals surface area (Å²) in [6, 6.07) is 6.75. The van der Waals surface area contributed by atoms with Crippen molar-refractivity contribution in [1.82, 2.24) is 0 Å². The van der Waals surface area contributed by atoms with Crippen LogP contribution in [0, 0.1) is 18.6 Å². The lowest BCUT2D eigenvalue weighted by Gasteiger charge is -2.08. The first-order valence-corrected chi connectivity index (χ1v) is 5.32. The summed E-state index contributed by atoms with van der Waals surface area (Å²) < 4.78 is 26.8. The molecule has 0 aliphatic rings. The molecular weight excluding hydrogens is 246 g/mol. The van der Waals surface area contributed by atoms with E-state index < -0.39 is 11.6 Å². The van der Waals surface area contributed by atoms with Gasteiger partial charge in [0.2, 0.25) is 0 Å². The molecule has 0 amide bonds. The molecule has 0 aromatic heterocycles. The lowest BCUT2D eigenvalue weighted by molar-refractivity contribution is 0.471. The highest BCUT2D eigenvalue weighted by atomic mass is 35.5. The van der Waals surface area contributed by atoms with Crippen LogP contribution in [0.3, 0.4) is 0 Å². The van der Waals surface area contributed by atoms with Gasteiger partial charge in [-0.1, -0.05) is 17.7 Å². The molecule has 1 nitrogen and oxygen atoms in total. The normalized spacial score (nSPS) is 10.6. The minimum Gasteiger partial charge on any atom is -0.508 e. The molecule has 0 radical (unpaired) electrons. The van der Waals surface area contributed by atoms with Crippen LogP contribution in [0.15, 0.2) is 30.3 Å². The fraction of sp³-hybridized carbons (Fsp3) is 0.0769. The third-order valence-corrected chi connectivity index (χ3v) is 2.84. The predicted octanol–water partition coefficient (Wildman–Crippen LogP) is 4.30. The Kier molecular flexibility index (Phi) is 3.03. The summed E-state index contributed by atoms with van der Waals surface area (Å²) in [4.78, 5) is 0. The molecule has 2 aromatic rings. The van der Waals surface area contributed by atoms with Gasteiger partial charge in [-0.25, -0.2) is 8.78 Å². The van der Waals surface area contributed by atoms with Crippen molar-refractivity contribution in [3.63, 3.8) is 0 Å². The van der Waals surface area contributed by atoms with Gasteiger partial charge in [-0.05, 0) is 42.3 Å². The molecule has 0 saturated carbocycles. The number of hydrogen-bond acceptors (Lipinski definition) is 1. The third-order valence-electron chi connectivity index (χ3n) is 2.53. The fourth-order valence-electron chi connectivity index (χ4n) is 1.60. The largest absolute Gasteiger partial charge is 0.508 e. The number of benzene rings is 2. The van der Waals surface area contributed by atoms with Crippen LogP contribution in [0.4, 0.5) is 8.78 Å². The van der Waals surface area contributed by atoms with Crippen LogP contribution in [0.5, 0.6) is 5.75 Å². The van der Waals surface area contributed by atoms with Crippen molar-refractivity contribution >= 4 is 11.6 Å². The highest BCUT2D eigenvalue weighted by Gasteiger charge is 2.14. The highest BCUT2D eigenvalue weighted by molar-refractivity contribution is 6.33. The molecule has 0 heterocycles. The number of halogens is 3. The molecule has 0 atom stereocenters. The van der Waals surface area contributed by atoms with E-state index in [9.17, 15) is 13.9 Å². The minimum absolute atomic E-state index is 0.00904. The zero-order valence-corrected chi connectivity index (χ0v) is 9.72. The van der Waals surface area contributed by atoms with E-state index in [1.807, 2.05) is 0 Å². The second-order valence-electron chi connectivity index (χ2n) is 3.72. The number of aryl methyl sites for hydroxylation is 1. The van der Waals surface area contributed by atoms with Crippen molar-refractivity contribution in [1.29, 1.82) is 0 Å². The molecule has 4 heteroatoms. The summed E-state index contributed by atoms with van der Waals surface area (Å²) >= 11 is 5.86. The Hall–Kier alpha value is -1.61. The average molecular weight is 255 g/mol. The maximum absolute atomic E-state index is 13.7. The van der Waals surface area contributed by atoms with Gasteiger partial charge < -0.3 is 5.11 Å². The van der Waals surface area contributed by atoms with Crippen molar-refractivity contribution in [2.24, 2.45) is 0 Å². The second kappa shape index (κ2) is 4.34. The first-order valence-electron chi connectivity index (χ1n) is 4.94. The van der Waals surface area contributed by atoms with Gasteiger partial charge in [0.25, 0.3) is 0 Å². The lowest BCUT2D eigenvalue weighted by atomic mass is 10.0. The van der Waals surface area contributed by atoms with Crippen LogP contribution in [0.1, 0.15) is 5.56 Å². The number of aromatic hydroxyl groups is 1. The topological polar surface area (TPSA) is 20.2 Å². The Morgan fingerprint density at radius 2 is 1.82 bits per heavy atom. The monoisotopic (exact) mass is 254 g/mol. The molecule has 0 spiro atoms. The van der Waals surface area contributed by atoms with Gasteiger partial charge in [-0.15, -0.1) is 0 Å². The number of hydrogen-bond donors (Lipinski definition) is 1. The van der Waals surface area contributed by atoms with Gasteiger partial charge in [0, 0.05) is 5.56 Å². The van der Waals surface area contributed by atoms with Gasteiger partial charge in [0.15, 0.2) is 11.6 Å². The molecule has 2 aromatic carbocycles. The molecule has 0 saturated heterocycles. The Balaban J connectivity index is 2.68. The van der Waals surface area contributed by atoms with Crippen molar-refractivity contribution in [2.75, 3.05) is 0 Å². The maximum Gasteiger partial charge on any atom is 0.168 e. The molecule has 0 unspecified atom stereocenters. The van der Waals surface area contributed by atoms with Crippen LogP contribution in [0.2, 0.25) is 5.02 Å². The number of phenols is 1. The highest BCUT2D eigenvalue weighted by Crippen LogP contribution is 2.33. The smallest absolute Gasteiger partial charge is 0.168 e. The lowest BCUT2D eigenvalue weighted by Crippen LogP contribution is -1.91. The van der Waals surface area contributed by atoms with Gasteiger partial charge in [0.1, 0.15) is 5.75 Å². The molecule has 88 valence electrons. The van der Waals surface area contributed by atoms with E-state index in [1.165, 1.54) is 18.2 Å². The molecule has 0 aliphatic heterocycles. The Labute approximate surface area is 102 Å². The van der Waals surface area contributed by atoms with E-state index >= 15 is 0 Å². The SMILES string of the molecule is Cc1cc(-c2c(Cl)ccc(F)c2F)ccc1O. The summed E-state index contributed by atoms with van der Waals surface area (Å²) in [6.07, 6.45) is 0. The summed E-state index contributed by atoms with van der Waals surface area (Å²) in [7, 11) is 0. The number of rotatable bonds is 1. The van der Waals surface area contributed by atoms with Gasteiger partial charge >= 0.3 is 0 Å².